The SMILES string of the molecule is CN(C)CC1(C(=O)O)CCCC1.Cl. The molecule has 0 unspecified atom stereocenters. The molecule has 0 bridgehead atoms. The van der Waals surface area contributed by atoms with Crippen molar-refractivity contribution in [3.8, 4) is 0 Å². The van der Waals surface area contributed by atoms with Crippen LogP contribution in [0.4, 0.5) is 0 Å². The highest BCUT2D eigenvalue weighted by Crippen LogP contribution is 2.38. The third-order valence-corrected chi connectivity index (χ3v) is 2.63. The van der Waals surface area contributed by atoms with Crippen LogP contribution < -0.4 is 0 Å². The minimum atomic E-state index is -0.617. The number of rotatable bonds is 3. The Labute approximate surface area is 85.5 Å². The summed E-state index contributed by atoms with van der Waals surface area (Å²) in [5, 5.41) is 9.09. The molecule has 1 fully saturated rings. The van der Waals surface area contributed by atoms with Crippen LogP contribution in [0.3, 0.4) is 0 Å². The molecule has 0 heterocycles. The Morgan fingerprint density at radius 1 is 1.38 bits per heavy atom. The van der Waals surface area contributed by atoms with Gasteiger partial charge in [-0.1, -0.05) is 12.8 Å². The van der Waals surface area contributed by atoms with Gasteiger partial charge in [-0.3, -0.25) is 4.79 Å². The minimum absolute atomic E-state index is 0. The van der Waals surface area contributed by atoms with Crippen molar-refractivity contribution in [3.63, 3.8) is 0 Å². The van der Waals surface area contributed by atoms with Crippen molar-refractivity contribution >= 4 is 18.4 Å². The third kappa shape index (κ3) is 2.85. The van der Waals surface area contributed by atoms with Crippen LogP contribution in [0.1, 0.15) is 25.7 Å². The second-order valence-electron chi connectivity index (χ2n) is 4.03. The molecule has 0 amide bonds. The first-order valence-corrected chi connectivity index (χ1v) is 4.45. The van der Waals surface area contributed by atoms with Crippen LogP contribution in [0.15, 0.2) is 0 Å². The minimum Gasteiger partial charge on any atom is -0.481 e. The maximum Gasteiger partial charge on any atom is 0.310 e. The molecular formula is C9H18ClNO2. The van der Waals surface area contributed by atoms with Crippen LogP contribution in [-0.4, -0.2) is 36.6 Å². The lowest BCUT2D eigenvalue weighted by molar-refractivity contribution is -0.149. The summed E-state index contributed by atoms with van der Waals surface area (Å²) in [6.45, 7) is 0.683. The second kappa shape index (κ2) is 4.82. The van der Waals surface area contributed by atoms with Gasteiger partial charge >= 0.3 is 5.97 Å². The summed E-state index contributed by atoms with van der Waals surface area (Å²) in [5.41, 5.74) is -0.441. The molecule has 78 valence electrons. The molecule has 1 aliphatic carbocycles. The van der Waals surface area contributed by atoms with E-state index in [4.69, 9.17) is 5.11 Å². The molecule has 13 heavy (non-hydrogen) atoms. The first kappa shape index (κ1) is 12.7. The van der Waals surface area contributed by atoms with Gasteiger partial charge in [0, 0.05) is 6.54 Å². The highest BCUT2D eigenvalue weighted by atomic mass is 35.5. The van der Waals surface area contributed by atoms with Gasteiger partial charge in [-0.05, 0) is 26.9 Å². The van der Waals surface area contributed by atoms with Crippen LogP contribution in [0, 0.1) is 5.41 Å². The number of aliphatic carboxylic acids is 1. The van der Waals surface area contributed by atoms with Gasteiger partial charge in [-0.2, -0.15) is 0 Å². The fourth-order valence-corrected chi connectivity index (χ4v) is 2.10. The average molecular weight is 208 g/mol. The predicted molar refractivity (Wildman–Crippen MR) is 54.3 cm³/mol. The average Bonchev–Trinajstić information content (AvgIpc) is 2.35. The van der Waals surface area contributed by atoms with E-state index in [1.807, 2.05) is 19.0 Å². The largest absolute Gasteiger partial charge is 0.481 e. The van der Waals surface area contributed by atoms with E-state index in [2.05, 4.69) is 0 Å². The maximum absolute atomic E-state index is 11.0. The summed E-state index contributed by atoms with van der Waals surface area (Å²) in [5.74, 6) is -0.617. The lowest BCUT2D eigenvalue weighted by Gasteiger charge is -2.27. The zero-order valence-corrected chi connectivity index (χ0v) is 9.06. The topological polar surface area (TPSA) is 40.5 Å². The van der Waals surface area contributed by atoms with Gasteiger partial charge in [0.2, 0.25) is 0 Å². The Hall–Kier alpha value is -0.280. The van der Waals surface area contributed by atoms with E-state index in [-0.39, 0.29) is 12.4 Å². The number of halogens is 1. The van der Waals surface area contributed by atoms with Crippen molar-refractivity contribution in [1.82, 2.24) is 4.90 Å². The lowest BCUT2D eigenvalue weighted by Crippen LogP contribution is -2.38. The van der Waals surface area contributed by atoms with E-state index in [9.17, 15) is 4.79 Å². The molecule has 0 radical (unpaired) electrons. The predicted octanol–water partition coefficient (Wildman–Crippen LogP) is 1.61. The van der Waals surface area contributed by atoms with E-state index in [1.54, 1.807) is 0 Å². The van der Waals surface area contributed by atoms with Gasteiger partial charge in [-0.15, -0.1) is 12.4 Å². The first-order chi connectivity index (χ1) is 5.57. The summed E-state index contributed by atoms with van der Waals surface area (Å²) in [4.78, 5) is 13.0. The summed E-state index contributed by atoms with van der Waals surface area (Å²) in [6.07, 6.45) is 3.83. The van der Waals surface area contributed by atoms with Crippen molar-refractivity contribution in [1.29, 1.82) is 0 Å². The molecule has 0 aromatic rings. The van der Waals surface area contributed by atoms with Gasteiger partial charge in [0.1, 0.15) is 0 Å². The van der Waals surface area contributed by atoms with E-state index >= 15 is 0 Å². The zero-order chi connectivity index (χ0) is 9.19. The van der Waals surface area contributed by atoms with E-state index in [0.717, 1.165) is 25.7 Å². The summed E-state index contributed by atoms with van der Waals surface area (Å²) < 4.78 is 0. The highest BCUT2D eigenvalue weighted by Gasteiger charge is 2.41. The first-order valence-electron chi connectivity index (χ1n) is 4.45. The highest BCUT2D eigenvalue weighted by molar-refractivity contribution is 5.85. The van der Waals surface area contributed by atoms with Crippen LogP contribution in [-0.2, 0) is 4.79 Å². The molecule has 0 spiro atoms. The third-order valence-electron chi connectivity index (χ3n) is 2.63. The van der Waals surface area contributed by atoms with Crippen LogP contribution in [0.2, 0.25) is 0 Å². The number of hydrogen-bond acceptors (Lipinski definition) is 2. The Bertz CT molecular complexity index is 176. The summed E-state index contributed by atoms with van der Waals surface area (Å²) in [6, 6.07) is 0. The van der Waals surface area contributed by atoms with Crippen molar-refractivity contribution in [2.45, 2.75) is 25.7 Å². The fraction of sp³-hybridized carbons (Fsp3) is 0.889. The van der Waals surface area contributed by atoms with Crippen LogP contribution in [0.25, 0.3) is 0 Å². The van der Waals surface area contributed by atoms with Crippen LogP contribution in [0.5, 0.6) is 0 Å². The van der Waals surface area contributed by atoms with E-state index < -0.39 is 11.4 Å². The quantitative estimate of drug-likeness (QED) is 0.765. The molecule has 3 nitrogen and oxygen atoms in total. The van der Waals surface area contributed by atoms with Gasteiger partial charge in [-0.25, -0.2) is 0 Å². The Morgan fingerprint density at radius 3 is 2.15 bits per heavy atom. The van der Waals surface area contributed by atoms with Crippen LogP contribution >= 0.6 is 12.4 Å². The van der Waals surface area contributed by atoms with Gasteiger partial charge in [0.05, 0.1) is 5.41 Å². The van der Waals surface area contributed by atoms with Crippen molar-refractivity contribution in [3.05, 3.63) is 0 Å². The number of carboxylic acids is 1. The molecule has 1 aliphatic rings. The lowest BCUT2D eigenvalue weighted by atomic mass is 9.86. The Kier molecular flexibility index (Phi) is 4.71. The molecule has 1 rings (SSSR count). The monoisotopic (exact) mass is 207 g/mol. The molecule has 0 aliphatic heterocycles. The molecule has 0 atom stereocenters. The molecule has 0 aromatic carbocycles. The van der Waals surface area contributed by atoms with Crippen molar-refractivity contribution in [2.24, 2.45) is 5.41 Å². The van der Waals surface area contributed by atoms with Crippen molar-refractivity contribution < 1.29 is 9.90 Å². The number of nitrogens with zero attached hydrogens (tertiary/aromatic N) is 1. The number of carboxylic acid groups (broad SMARTS) is 1. The normalized spacial score (nSPS) is 19.9. The molecule has 0 saturated heterocycles. The maximum atomic E-state index is 11.0. The van der Waals surface area contributed by atoms with Gasteiger partial charge in [0.15, 0.2) is 0 Å². The molecular weight excluding hydrogens is 190 g/mol. The Balaban J connectivity index is 0.00000144. The number of hydrogen-bond donors (Lipinski definition) is 1. The molecule has 4 heteroatoms. The molecule has 1 N–H and O–H groups in total. The second-order valence-corrected chi connectivity index (χ2v) is 4.03. The van der Waals surface area contributed by atoms with E-state index in [1.165, 1.54) is 0 Å². The van der Waals surface area contributed by atoms with Crippen molar-refractivity contribution in [2.75, 3.05) is 20.6 Å². The smallest absolute Gasteiger partial charge is 0.310 e. The fourth-order valence-electron chi connectivity index (χ4n) is 2.10. The molecule has 1 saturated carbocycles. The zero-order valence-electron chi connectivity index (χ0n) is 8.25. The van der Waals surface area contributed by atoms with Gasteiger partial charge in [0.25, 0.3) is 0 Å². The Morgan fingerprint density at radius 2 is 1.85 bits per heavy atom. The summed E-state index contributed by atoms with van der Waals surface area (Å²) >= 11 is 0. The van der Waals surface area contributed by atoms with E-state index in [0.29, 0.717) is 6.54 Å². The molecule has 0 aromatic heterocycles. The standard InChI is InChI=1S/C9H17NO2.ClH/c1-10(2)7-9(8(11)12)5-3-4-6-9;/h3-7H2,1-2H3,(H,11,12);1H. The number of carbonyl (C=O) groups is 1. The van der Waals surface area contributed by atoms with Gasteiger partial charge < -0.3 is 10.0 Å². The summed E-state index contributed by atoms with van der Waals surface area (Å²) in [7, 11) is 3.87.